The molecule has 0 bridgehead atoms. The number of piperidine rings is 1. The summed E-state index contributed by atoms with van der Waals surface area (Å²) >= 11 is 0. The highest BCUT2D eigenvalue weighted by Crippen LogP contribution is 2.02. The van der Waals surface area contributed by atoms with E-state index in [-0.39, 0.29) is 24.3 Å². The van der Waals surface area contributed by atoms with Gasteiger partial charge in [-0.1, -0.05) is 18.2 Å². The molecule has 1 heterocycles. The van der Waals surface area contributed by atoms with Crippen molar-refractivity contribution in [1.29, 1.82) is 0 Å². The van der Waals surface area contributed by atoms with Crippen molar-refractivity contribution in [2.75, 3.05) is 13.1 Å². The molecule has 0 radical (unpaired) electrons. The average Bonchev–Trinajstić information content (AvgIpc) is 2.48. The first-order valence-electron chi connectivity index (χ1n) is 6.57. The minimum atomic E-state index is -0.495. The second kappa shape index (κ2) is 6.70. The van der Waals surface area contributed by atoms with E-state index < -0.39 is 6.04 Å². The van der Waals surface area contributed by atoms with E-state index in [1.54, 1.807) is 24.3 Å². The van der Waals surface area contributed by atoms with Crippen LogP contribution in [0.3, 0.4) is 0 Å². The van der Waals surface area contributed by atoms with Gasteiger partial charge in [0.15, 0.2) is 0 Å². The lowest BCUT2D eigenvalue weighted by Gasteiger charge is -2.22. The van der Waals surface area contributed by atoms with Crippen LogP contribution in [0.2, 0.25) is 0 Å². The van der Waals surface area contributed by atoms with Gasteiger partial charge in [0, 0.05) is 12.1 Å². The monoisotopic (exact) mass is 275 g/mol. The Kier molecular flexibility index (Phi) is 4.70. The normalized spacial score (nSPS) is 18.0. The van der Waals surface area contributed by atoms with E-state index in [9.17, 15) is 14.4 Å². The van der Waals surface area contributed by atoms with Crippen LogP contribution < -0.4 is 16.0 Å². The van der Waals surface area contributed by atoms with E-state index in [1.165, 1.54) is 0 Å². The van der Waals surface area contributed by atoms with E-state index in [0.29, 0.717) is 18.5 Å². The second-order valence-corrected chi connectivity index (χ2v) is 4.60. The van der Waals surface area contributed by atoms with Gasteiger partial charge in [-0.2, -0.15) is 0 Å². The minimum absolute atomic E-state index is 0.141. The van der Waals surface area contributed by atoms with Gasteiger partial charge in [-0.15, -0.1) is 0 Å². The van der Waals surface area contributed by atoms with Crippen LogP contribution in [0.25, 0.3) is 0 Å². The molecule has 1 aliphatic rings. The van der Waals surface area contributed by atoms with Crippen molar-refractivity contribution in [3.8, 4) is 0 Å². The van der Waals surface area contributed by atoms with Crippen LogP contribution in [-0.4, -0.2) is 36.9 Å². The number of carbonyl (C=O) groups excluding carboxylic acids is 3. The summed E-state index contributed by atoms with van der Waals surface area (Å²) in [5, 5.41) is 7.82. The summed E-state index contributed by atoms with van der Waals surface area (Å²) in [6, 6.07) is 8.15. The highest BCUT2D eigenvalue weighted by atomic mass is 16.2. The Labute approximate surface area is 116 Å². The lowest BCUT2D eigenvalue weighted by atomic mass is 10.1. The molecule has 0 aromatic heterocycles. The van der Waals surface area contributed by atoms with Crippen LogP contribution in [0, 0.1) is 0 Å². The lowest BCUT2D eigenvalue weighted by Crippen LogP contribution is -2.52. The molecule has 0 spiro atoms. The third-order valence-corrected chi connectivity index (χ3v) is 3.07. The fourth-order valence-electron chi connectivity index (χ4n) is 2.01. The predicted octanol–water partition coefficient (Wildman–Crippen LogP) is -0.189. The number of benzene rings is 1. The van der Waals surface area contributed by atoms with Crippen molar-refractivity contribution < 1.29 is 14.4 Å². The van der Waals surface area contributed by atoms with Gasteiger partial charge in [-0.05, 0) is 25.0 Å². The Morgan fingerprint density at radius 3 is 2.70 bits per heavy atom. The van der Waals surface area contributed by atoms with Crippen LogP contribution in [0.4, 0.5) is 0 Å². The topological polar surface area (TPSA) is 87.3 Å². The van der Waals surface area contributed by atoms with Crippen LogP contribution in [0.15, 0.2) is 30.3 Å². The molecular formula is C14H17N3O3. The van der Waals surface area contributed by atoms with Crippen molar-refractivity contribution in [2.45, 2.75) is 18.9 Å². The minimum Gasteiger partial charge on any atom is -0.354 e. The fourth-order valence-corrected chi connectivity index (χ4v) is 2.01. The molecule has 6 nitrogen and oxygen atoms in total. The summed E-state index contributed by atoms with van der Waals surface area (Å²) in [7, 11) is 0. The van der Waals surface area contributed by atoms with Gasteiger partial charge < -0.3 is 16.0 Å². The van der Waals surface area contributed by atoms with Gasteiger partial charge in [0.25, 0.3) is 5.91 Å². The van der Waals surface area contributed by atoms with Crippen LogP contribution >= 0.6 is 0 Å². The van der Waals surface area contributed by atoms with Crippen LogP contribution in [0.5, 0.6) is 0 Å². The summed E-state index contributed by atoms with van der Waals surface area (Å²) < 4.78 is 0. The molecule has 1 unspecified atom stereocenters. The largest absolute Gasteiger partial charge is 0.354 e. The lowest BCUT2D eigenvalue weighted by molar-refractivity contribution is -0.129. The number of carbonyl (C=O) groups is 3. The maximum atomic E-state index is 11.7. The van der Waals surface area contributed by atoms with Crippen molar-refractivity contribution >= 4 is 17.7 Å². The fraction of sp³-hybridized carbons (Fsp3) is 0.357. The number of rotatable bonds is 4. The summed E-state index contributed by atoms with van der Waals surface area (Å²) in [4.78, 5) is 34.9. The van der Waals surface area contributed by atoms with E-state index in [2.05, 4.69) is 16.0 Å². The number of nitrogens with one attached hydrogen (secondary N) is 3. The third-order valence-electron chi connectivity index (χ3n) is 3.07. The quantitative estimate of drug-likeness (QED) is 0.712. The molecular weight excluding hydrogens is 258 g/mol. The SMILES string of the molecule is O=C(CNC(=O)c1ccccc1)NC1CCCNC1=O. The maximum Gasteiger partial charge on any atom is 0.251 e. The van der Waals surface area contributed by atoms with E-state index >= 15 is 0 Å². The summed E-state index contributed by atoms with van der Waals surface area (Å²) in [5.41, 5.74) is 0.496. The summed E-state index contributed by atoms with van der Waals surface area (Å²) in [6.45, 7) is 0.507. The average molecular weight is 275 g/mol. The molecule has 1 fully saturated rings. The molecule has 106 valence electrons. The number of amides is 3. The van der Waals surface area contributed by atoms with E-state index in [4.69, 9.17) is 0 Å². The Balaban J connectivity index is 1.77. The smallest absolute Gasteiger partial charge is 0.251 e. The van der Waals surface area contributed by atoms with Crippen molar-refractivity contribution in [3.63, 3.8) is 0 Å². The molecule has 3 amide bonds. The van der Waals surface area contributed by atoms with Gasteiger partial charge >= 0.3 is 0 Å². The standard InChI is InChI=1S/C14H17N3O3/c18-12(17-11-7-4-8-15-14(11)20)9-16-13(19)10-5-2-1-3-6-10/h1-3,5-6,11H,4,7-9H2,(H,15,20)(H,16,19)(H,17,18). The van der Waals surface area contributed by atoms with E-state index in [1.807, 2.05) is 6.07 Å². The van der Waals surface area contributed by atoms with Gasteiger partial charge in [0.2, 0.25) is 11.8 Å². The molecule has 0 saturated carbocycles. The number of hydrogen-bond donors (Lipinski definition) is 3. The first-order valence-corrected chi connectivity index (χ1v) is 6.57. The molecule has 2 rings (SSSR count). The third kappa shape index (κ3) is 3.81. The highest BCUT2D eigenvalue weighted by molar-refractivity contribution is 5.97. The molecule has 1 aromatic rings. The Bertz CT molecular complexity index is 502. The molecule has 20 heavy (non-hydrogen) atoms. The molecule has 1 aliphatic heterocycles. The first kappa shape index (κ1) is 14.0. The molecule has 1 saturated heterocycles. The van der Waals surface area contributed by atoms with Gasteiger partial charge in [0.05, 0.1) is 6.54 Å². The van der Waals surface area contributed by atoms with Crippen LogP contribution in [0.1, 0.15) is 23.2 Å². The molecule has 0 aliphatic carbocycles. The van der Waals surface area contributed by atoms with Crippen molar-refractivity contribution in [3.05, 3.63) is 35.9 Å². The zero-order valence-corrected chi connectivity index (χ0v) is 11.0. The highest BCUT2D eigenvalue weighted by Gasteiger charge is 2.23. The van der Waals surface area contributed by atoms with Crippen molar-refractivity contribution in [1.82, 2.24) is 16.0 Å². The molecule has 3 N–H and O–H groups in total. The maximum absolute atomic E-state index is 11.7. The van der Waals surface area contributed by atoms with E-state index in [0.717, 1.165) is 6.42 Å². The van der Waals surface area contributed by atoms with Gasteiger partial charge in [0.1, 0.15) is 6.04 Å². The Morgan fingerprint density at radius 1 is 1.25 bits per heavy atom. The summed E-state index contributed by atoms with van der Waals surface area (Å²) in [5.74, 6) is -0.843. The van der Waals surface area contributed by atoms with Crippen molar-refractivity contribution in [2.24, 2.45) is 0 Å². The van der Waals surface area contributed by atoms with Crippen LogP contribution in [-0.2, 0) is 9.59 Å². The Morgan fingerprint density at radius 2 is 2.00 bits per heavy atom. The Hall–Kier alpha value is -2.37. The number of hydrogen-bond acceptors (Lipinski definition) is 3. The molecule has 1 atom stereocenters. The van der Waals surface area contributed by atoms with Gasteiger partial charge in [-0.3, -0.25) is 14.4 Å². The zero-order valence-electron chi connectivity index (χ0n) is 11.0. The summed E-state index contributed by atoms with van der Waals surface area (Å²) in [6.07, 6.45) is 1.47. The first-order chi connectivity index (χ1) is 9.66. The zero-order chi connectivity index (χ0) is 14.4. The second-order valence-electron chi connectivity index (χ2n) is 4.60. The predicted molar refractivity (Wildman–Crippen MR) is 72.9 cm³/mol. The molecule has 6 heteroatoms. The van der Waals surface area contributed by atoms with Gasteiger partial charge in [-0.25, -0.2) is 0 Å². The molecule has 1 aromatic carbocycles.